The Morgan fingerprint density at radius 1 is 1.14 bits per heavy atom. The van der Waals surface area contributed by atoms with E-state index in [1.54, 1.807) is 43.4 Å². The van der Waals surface area contributed by atoms with Crippen LogP contribution in [0.5, 0.6) is 5.75 Å². The molecule has 0 aliphatic carbocycles. The van der Waals surface area contributed by atoms with Crippen LogP contribution in [0.15, 0.2) is 29.3 Å². The minimum Gasteiger partial charge on any atom is -0.497 e. The molecule has 1 amide bonds. The highest BCUT2D eigenvalue weighted by Gasteiger charge is 2.13. The van der Waals surface area contributed by atoms with E-state index < -0.39 is 0 Å². The maximum absolute atomic E-state index is 12.5. The third-order valence-corrected chi connectivity index (χ3v) is 4.59. The molecule has 0 saturated heterocycles. The first-order valence-electron chi connectivity index (χ1n) is 10.0. The van der Waals surface area contributed by atoms with E-state index in [0.717, 1.165) is 32.5 Å². The topological polar surface area (TPSA) is 73.6 Å². The van der Waals surface area contributed by atoms with Gasteiger partial charge < -0.3 is 19.1 Å². The molecule has 28 heavy (non-hydrogen) atoms. The van der Waals surface area contributed by atoms with Crippen LogP contribution < -0.4 is 15.0 Å². The van der Waals surface area contributed by atoms with E-state index in [0.29, 0.717) is 24.5 Å². The number of methoxy groups -OCH3 is 2. The number of carbonyl (C=O) groups excluding carboxylic acids is 1. The number of benzene rings is 1. The van der Waals surface area contributed by atoms with Gasteiger partial charge in [-0.25, -0.2) is 4.99 Å². The van der Waals surface area contributed by atoms with Gasteiger partial charge in [0.15, 0.2) is 0 Å². The Bertz CT molecular complexity index is 586. The first-order chi connectivity index (χ1) is 13.5. The molecule has 1 aromatic carbocycles. The van der Waals surface area contributed by atoms with Gasteiger partial charge in [-0.1, -0.05) is 0 Å². The minimum absolute atomic E-state index is 0.0590. The molecule has 0 saturated carbocycles. The van der Waals surface area contributed by atoms with Gasteiger partial charge in [-0.2, -0.15) is 0 Å². The van der Waals surface area contributed by atoms with Crippen molar-refractivity contribution in [3.8, 4) is 5.75 Å². The van der Waals surface area contributed by atoms with Crippen LogP contribution in [-0.4, -0.2) is 65.0 Å². The lowest BCUT2D eigenvalue weighted by Crippen LogP contribution is -3.11. The molecule has 2 N–H and O–H groups in total. The van der Waals surface area contributed by atoms with Crippen LogP contribution in [0.1, 0.15) is 44.0 Å². The predicted molar refractivity (Wildman–Crippen MR) is 111 cm³/mol. The molecule has 0 aliphatic rings. The van der Waals surface area contributed by atoms with Gasteiger partial charge in [0.05, 0.1) is 39.4 Å². The predicted octanol–water partition coefficient (Wildman–Crippen LogP) is 1.54. The van der Waals surface area contributed by atoms with E-state index in [2.05, 4.69) is 24.2 Å². The van der Waals surface area contributed by atoms with Gasteiger partial charge in [0, 0.05) is 12.7 Å². The number of hydrogen-bond acceptors (Lipinski definition) is 5. The summed E-state index contributed by atoms with van der Waals surface area (Å²) in [6.45, 7) is 10.6. The normalized spacial score (nSPS) is 12.7. The number of nitrogens with one attached hydrogen (secondary N) is 2. The van der Waals surface area contributed by atoms with Crippen molar-refractivity contribution in [2.75, 3.05) is 47.1 Å². The van der Waals surface area contributed by atoms with Crippen LogP contribution in [0.4, 0.5) is 0 Å². The Hall–Kier alpha value is -2.12. The fraction of sp³-hybridized carbons (Fsp3) is 0.619. The number of carbonyl (C=O) groups is 1. The van der Waals surface area contributed by atoms with Crippen LogP contribution in [-0.2, 0) is 9.47 Å². The van der Waals surface area contributed by atoms with Crippen molar-refractivity contribution in [2.45, 2.75) is 39.7 Å². The minimum atomic E-state index is -0.265. The average molecular weight is 395 g/mol. The number of hydrogen-bond donors (Lipinski definition) is 2. The van der Waals surface area contributed by atoms with Crippen molar-refractivity contribution in [2.24, 2.45) is 4.99 Å². The molecule has 0 fully saturated rings. The Kier molecular flexibility index (Phi) is 11.9. The maximum atomic E-state index is 12.5. The summed E-state index contributed by atoms with van der Waals surface area (Å²) in [7, 11) is 3.20. The molecule has 0 radical (unpaired) electrons. The summed E-state index contributed by atoms with van der Waals surface area (Å²) < 4.78 is 15.8. The second-order valence-electron chi connectivity index (χ2n) is 6.66. The van der Waals surface area contributed by atoms with Crippen LogP contribution in [0.3, 0.4) is 0 Å². The fourth-order valence-corrected chi connectivity index (χ4v) is 2.75. The monoisotopic (exact) mass is 394 g/mol. The summed E-state index contributed by atoms with van der Waals surface area (Å²) in [5.74, 6) is 0.435. The zero-order valence-electron chi connectivity index (χ0n) is 17.9. The molecule has 7 nitrogen and oxygen atoms in total. The smallest absolute Gasteiger partial charge is 0.292 e. The molecule has 0 aromatic heterocycles. The summed E-state index contributed by atoms with van der Waals surface area (Å²) in [4.78, 5) is 18.7. The zero-order chi connectivity index (χ0) is 20.8. The second-order valence-corrected chi connectivity index (χ2v) is 6.66. The molecule has 0 bridgehead atoms. The van der Waals surface area contributed by atoms with E-state index >= 15 is 0 Å². The molecule has 1 atom stereocenters. The number of quaternary nitrogens is 1. The summed E-state index contributed by atoms with van der Waals surface area (Å²) >= 11 is 0. The molecule has 0 unspecified atom stereocenters. The van der Waals surface area contributed by atoms with Gasteiger partial charge in [-0.3, -0.25) is 10.1 Å². The van der Waals surface area contributed by atoms with Crippen molar-refractivity contribution in [3.63, 3.8) is 0 Å². The van der Waals surface area contributed by atoms with Crippen molar-refractivity contribution in [3.05, 3.63) is 29.8 Å². The second kappa shape index (κ2) is 14.0. The molecule has 1 rings (SSSR count). The number of rotatable bonds is 12. The van der Waals surface area contributed by atoms with Gasteiger partial charge in [0.2, 0.25) is 0 Å². The first kappa shape index (κ1) is 23.9. The number of amidine groups is 1. The van der Waals surface area contributed by atoms with E-state index in [9.17, 15) is 4.79 Å². The highest BCUT2D eigenvalue weighted by atomic mass is 16.5. The number of nitrogens with zero attached hydrogens (tertiary/aromatic N) is 1. The number of ether oxygens (including phenoxy) is 3. The van der Waals surface area contributed by atoms with Crippen molar-refractivity contribution in [1.82, 2.24) is 5.32 Å². The van der Waals surface area contributed by atoms with E-state index in [1.807, 2.05) is 6.92 Å². The highest BCUT2D eigenvalue weighted by Crippen LogP contribution is 2.11. The number of amides is 1. The largest absolute Gasteiger partial charge is 0.497 e. The number of aliphatic imine (C=N–C) groups is 1. The van der Waals surface area contributed by atoms with Crippen molar-refractivity contribution < 1.29 is 23.9 Å². The quantitative estimate of drug-likeness (QED) is 0.320. The molecule has 7 heteroatoms. The van der Waals surface area contributed by atoms with Gasteiger partial charge in [0.1, 0.15) is 12.4 Å². The fourth-order valence-electron chi connectivity index (χ4n) is 2.75. The zero-order valence-corrected chi connectivity index (χ0v) is 17.9. The third-order valence-electron chi connectivity index (χ3n) is 4.59. The standard InChI is InChI=1S/C21H35N3O4/c1-6-24(7-2)14-8-9-17(3)22-21(28-16-15-26-4)23-20(25)18-10-12-19(27-5)13-11-18/h10-13,17H,6-9,14-16H2,1-5H3,(H,22,23,25)/p+1/t17-/m0/s1. The molecule has 0 heterocycles. The molecular formula is C21H36N3O4+. The molecule has 1 aromatic rings. The first-order valence-corrected chi connectivity index (χ1v) is 10.0. The lowest BCUT2D eigenvalue weighted by atomic mass is 10.2. The molecule has 0 aliphatic heterocycles. The SMILES string of the molecule is CC[NH+](CC)CCC[C@H](C)N=C(NC(=O)c1ccc(OC)cc1)OCCOC. The van der Waals surface area contributed by atoms with Crippen LogP contribution >= 0.6 is 0 Å². The summed E-state index contributed by atoms with van der Waals surface area (Å²) in [6.07, 6.45) is 2.03. The average Bonchev–Trinajstić information content (AvgIpc) is 2.71. The van der Waals surface area contributed by atoms with Crippen molar-refractivity contribution in [1.29, 1.82) is 0 Å². The molecule has 158 valence electrons. The maximum Gasteiger partial charge on any atom is 0.292 e. The van der Waals surface area contributed by atoms with Crippen LogP contribution in [0, 0.1) is 0 Å². The molecular weight excluding hydrogens is 358 g/mol. The van der Waals surface area contributed by atoms with E-state index in [1.165, 1.54) is 0 Å². The Morgan fingerprint density at radius 3 is 2.39 bits per heavy atom. The molecule has 0 spiro atoms. The summed E-state index contributed by atoms with van der Waals surface area (Å²) in [5, 5.41) is 2.77. The highest BCUT2D eigenvalue weighted by molar-refractivity contribution is 6.04. The third kappa shape index (κ3) is 9.19. The van der Waals surface area contributed by atoms with Gasteiger partial charge in [-0.15, -0.1) is 0 Å². The van der Waals surface area contributed by atoms with Crippen LogP contribution in [0.25, 0.3) is 0 Å². The van der Waals surface area contributed by atoms with E-state index in [4.69, 9.17) is 14.2 Å². The lowest BCUT2D eigenvalue weighted by Gasteiger charge is -2.16. The van der Waals surface area contributed by atoms with Crippen molar-refractivity contribution >= 4 is 11.9 Å². The van der Waals surface area contributed by atoms with Gasteiger partial charge in [0.25, 0.3) is 11.9 Å². The summed E-state index contributed by atoms with van der Waals surface area (Å²) in [5.41, 5.74) is 0.515. The Balaban J connectivity index is 2.68. The Morgan fingerprint density at radius 2 is 1.82 bits per heavy atom. The van der Waals surface area contributed by atoms with Gasteiger partial charge >= 0.3 is 0 Å². The van der Waals surface area contributed by atoms with Gasteiger partial charge in [-0.05, 0) is 57.9 Å². The van der Waals surface area contributed by atoms with E-state index in [-0.39, 0.29) is 18.0 Å². The van der Waals surface area contributed by atoms with Crippen LogP contribution in [0.2, 0.25) is 0 Å². The summed E-state index contributed by atoms with van der Waals surface area (Å²) in [6, 6.07) is 7.20. The lowest BCUT2D eigenvalue weighted by molar-refractivity contribution is -0.896. The Labute approximate surface area is 169 Å².